The van der Waals surface area contributed by atoms with Gasteiger partial charge in [0.25, 0.3) is 0 Å². The molecule has 1 saturated heterocycles. The van der Waals surface area contributed by atoms with E-state index >= 15 is 0 Å². The number of hydrogen-bond acceptors (Lipinski definition) is 7. The predicted octanol–water partition coefficient (Wildman–Crippen LogP) is 2.81. The number of aromatic nitrogens is 2. The number of hydrogen-bond donors (Lipinski definition) is 1. The van der Waals surface area contributed by atoms with E-state index in [9.17, 15) is 4.79 Å². The molecule has 3 aromatic rings. The largest absolute Gasteiger partial charge is 0.478 e. The van der Waals surface area contributed by atoms with Gasteiger partial charge in [-0.15, -0.1) is 11.3 Å². The number of carboxylic acid groups (broad SMARTS) is 1. The molecule has 1 N–H and O–H groups in total. The molecule has 7 nitrogen and oxygen atoms in total. The molecule has 1 aliphatic rings. The molecule has 140 valence electrons. The van der Waals surface area contributed by atoms with E-state index in [-0.39, 0.29) is 0 Å². The second-order valence-corrected chi connectivity index (χ2v) is 7.49. The number of carboxylic acids is 1. The molecule has 0 atom stereocenters. The van der Waals surface area contributed by atoms with E-state index in [1.807, 2.05) is 29.6 Å². The van der Waals surface area contributed by atoms with Crippen LogP contribution in [0.3, 0.4) is 0 Å². The Morgan fingerprint density at radius 1 is 1.07 bits per heavy atom. The third-order valence-corrected chi connectivity index (χ3v) is 5.51. The van der Waals surface area contributed by atoms with Crippen LogP contribution in [-0.2, 0) is 13.1 Å². The highest BCUT2D eigenvalue weighted by molar-refractivity contribution is 7.13. The van der Waals surface area contributed by atoms with E-state index in [0.717, 1.165) is 43.2 Å². The van der Waals surface area contributed by atoms with Gasteiger partial charge in [0, 0.05) is 32.7 Å². The van der Waals surface area contributed by atoms with Crippen LogP contribution in [-0.4, -0.2) is 57.2 Å². The van der Waals surface area contributed by atoms with E-state index < -0.39 is 5.97 Å². The summed E-state index contributed by atoms with van der Waals surface area (Å²) in [5.41, 5.74) is 1.45. The summed E-state index contributed by atoms with van der Waals surface area (Å²) >= 11 is 1.60. The Kier molecular flexibility index (Phi) is 5.28. The molecule has 1 fully saturated rings. The number of nitrogens with zero attached hydrogens (tertiary/aromatic N) is 4. The van der Waals surface area contributed by atoms with Crippen molar-refractivity contribution in [2.45, 2.75) is 13.1 Å². The van der Waals surface area contributed by atoms with Crippen LogP contribution >= 0.6 is 11.3 Å². The van der Waals surface area contributed by atoms with Crippen LogP contribution in [0.25, 0.3) is 10.7 Å². The average Bonchev–Trinajstić information content (AvgIpc) is 3.35. The van der Waals surface area contributed by atoms with E-state index in [2.05, 4.69) is 19.9 Å². The van der Waals surface area contributed by atoms with Gasteiger partial charge in [0.05, 0.1) is 17.0 Å². The molecular formula is C19H20N4O3S. The first-order valence-corrected chi connectivity index (χ1v) is 9.69. The van der Waals surface area contributed by atoms with Crippen molar-refractivity contribution in [3.8, 4) is 10.7 Å². The Morgan fingerprint density at radius 2 is 1.78 bits per heavy atom. The van der Waals surface area contributed by atoms with Gasteiger partial charge >= 0.3 is 5.97 Å². The molecule has 0 saturated carbocycles. The SMILES string of the molecule is O=C(O)c1ccc(CN2CCN(Cc3nc(-c4cccs4)no3)CC2)cc1. The van der Waals surface area contributed by atoms with Crippen LogP contribution in [0.15, 0.2) is 46.3 Å². The zero-order valence-electron chi connectivity index (χ0n) is 14.7. The third kappa shape index (κ3) is 4.41. The number of rotatable bonds is 6. The monoisotopic (exact) mass is 384 g/mol. The van der Waals surface area contributed by atoms with Crippen LogP contribution in [0.2, 0.25) is 0 Å². The standard InChI is InChI=1S/C19H20N4O3S/c24-19(25)15-5-3-14(4-6-15)12-22-7-9-23(10-8-22)13-17-20-18(21-26-17)16-2-1-11-27-16/h1-6,11H,7-10,12-13H2,(H,24,25). The van der Waals surface area contributed by atoms with Crippen molar-refractivity contribution < 1.29 is 14.4 Å². The fraction of sp³-hybridized carbons (Fsp3) is 0.316. The number of thiophene rings is 1. The van der Waals surface area contributed by atoms with Crippen molar-refractivity contribution in [1.82, 2.24) is 19.9 Å². The maximum atomic E-state index is 10.9. The summed E-state index contributed by atoms with van der Waals surface area (Å²) in [6, 6.07) is 11.1. The summed E-state index contributed by atoms with van der Waals surface area (Å²) in [5.74, 6) is 0.415. The van der Waals surface area contributed by atoms with Gasteiger partial charge in [-0.25, -0.2) is 4.79 Å². The average molecular weight is 384 g/mol. The Hall–Kier alpha value is -2.55. The van der Waals surface area contributed by atoms with E-state index in [1.165, 1.54) is 0 Å². The molecule has 0 spiro atoms. The molecule has 0 amide bonds. The lowest BCUT2D eigenvalue weighted by Crippen LogP contribution is -2.45. The zero-order valence-corrected chi connectivity index (χ0v) is 15.6. The van der Waals surface area contributed by atoms with Crippen molar-refractivity contribution in [1.29, 1.82) is 0 Å². The minimum atomic E-state index is -0.890. The van der Waals surface area contributed by atoms with Crippen LogP contribution in [0.5, 0.6) is 0 Å². The summed E-state index contributed by atoms with van der Waals surface area (Å²) in [6.07, 6.45) is 0. The molecule has 4 rings (SSSR count). The molecule has 0 bridgehead atoms. The van der Waals surface area contributed by atoms with Gasteiger partial charge in [0.2, 0.25) is 11.7 Å². The van der Waals surface area contributed by atoms with Gasteiger partial charge in [0.15, 0.2) is 0 Å². The van der Waals surface area contributed by atoms with Crippen LogP contribution in [0.4, 0.5) is 0 Å². The molecule has 0 radical (unpaired) electrons. The minimum Gasteiger partial charge on any atom is -0.478 e. The number of piperazine rings is 1. The lowest BCUT2D eigenvalue weighted by Gasteiger charge is -2.33. The number of aromatic carboxylic acids is 1. The molecule has 1 aromatic carbocycles. The predicted molar refractivity (Wildman–Crippen MR) is 102 cm³/mol. The van der Waals surface area contributed by atoms with Gasteiger partial charge in [-0.05, 0) is 29.1 Å². The van der Waals surface area contributed by atoms with E-state index in [4.69, 9.17) is 9.63 Å². The fourth-order valence-corrected chi connectivity index (χ4v) is 3.78. The molecule has 8 heteroatoms. The Morgan fingerprint density at radius 3 is 2.41 bits per heavy atom. The highest BCUT2D eigenvalue weighted by atomic mass is 32.1. The van der Waals surface area contributed by atoms with Crippen molar-refractivity contribution in [2.24, 2.45) is 0 Å². The van der Waals surface area contributed by atoms with Gasteiger partial charge < -0.3 is 9.63 Å². The lowest BCUT2D eigenvalue weighted by atomic mass is 10.1. The third-order valence-electron chi connectivity index (χ3n) is 4.64. The van der Waals surface area contributed by atoms with E-state index in [0.29, 0.717) is 23.8 Å². The maximum Gasteiger partial charge on any atom is 0.335 e. The van der Waals surface area contributed by atoms with Crippen molar-refractivity contribution in [3.05, 3.63) is 58.8 Å². The van der Waals surface area contributed by atoms with E-state index in [1.54, 1.807) is 23.5 Å². The summed E-state index contributed by atoms with van der Waals surface area (Å²) in [5, 5.41) is 15.0. The Labute approximate surface area is 160 Å². The highest BCUT2D eigenvalue weighted by Gasteiger charge is 2.20. The Balaban J connectivity index is 1.27. The van der Waals surface area contributed by atoms with Gasteiger partial charge in [0.1, 0.15) is 0 Å². The Bertz CT molecular complexity index is 884. The van der Waals surface area contributed by atoms with Crippen LogP contribution < -0.4 is 0 Å². The first-order valence-electron chi connectivity index (χ1n) is 8.81. The van der Waals surface area contributed by atoms with Crippen LogP contribution in [0, 0.1) is 0 Å². The number of carbonyl (C=O) groups is 1. The first-order chi connectivity index (χ1) is 13.2. The molecule has 0 aliphatic carbocycles. The summed E-state index contributed by atoms with van der Waals surface area (Å²) < 4.78 is 5.39. The summed E-state index contributed by atoms with van der Waals surface area (Å²) in [4.78, 5) is 21.1. The lowest BCUT2D eigenvalue weighted by molar-refractivity contribution is 0.0697. The van der Waals surface area contributed by atoms with Gasteiger partial charge in [-0.1, -0.05) is 23.4 Å². The second-order valence-electron chi connectivity index (χ2n) is 6.54. The molecule has 0 unspecified atom stereocenters. The minimum absolute atomic E-state index is 0.324. The maximum absolute atomic E-state index is 10.9. The number of benzene rings is 1. The van der Waals surface area contributed by atoms with Gasteiger partial charge in [-0.2, -0.15) is 4.98 Å². The zero-order chi connectivity index (χ0) is 18.6. The molecule has 1 aliphatic heterocycles. The molecule has 27 heavy (non-hydrogen) atoms. The molecule has 2 aromatic heterocycles. The van der Waals surface area contributed by atoms with Gasteiger partial charge in [-0.3, -0.25) is 9.80 Å². The van der Waals surface area contributed by atoms with Crippen molar-refractivity contribution >= 4 is 17.3 Å². The smallest absolute Gasteiger partial charge is 0.335 e. The summed E-state index contributed by atoms with van der Waals surface area (Å²) in [7, 11) is 0. The molecule has 3 heterocycles. The highest BCUT2D eigenvalue weighted by Crippen LogP contribution is 2.21. The van der Waals surface area contributed by atoms with Crippen molar-refractivity contribution in [2.75, 3.05) is 26.2 Å². The fourth-order valence-electron chi connectivity index (χ4n) is 3.13. The topological polar surface area (TPSA) is 82.7 Å². The van der Waals surface area contributed by atoms with Crippen molar-refractivity contribution in [3.63, 3.8) is 0 Å². The summed E-state index contributed by atoms with van der Waals surface area (Å²) in [6.45, 7) is 5.27. The normalized spacial score (nSPS) is 15.9. The second kappa shape index (κ2) is 7.99. The first kappa shape index (κ1) is 17.8. The molecular weight excluding hydrogens is 364 g/mol. The quantitative estimate of drug-likeness (QED) is 0.700. The van der Waals surface area contributed by atoms with Crippen LogP contribution in [0.1, 0.15) is 21.8 Å².